The molecule has 16 heavy (non-hydrogen) atoms. The second-order valence-corrected chi connectivity index (χ2v) is 4.98. The van der Waals surface area contributed by atoms with E-state index in [2.05, 4.69) is 38.8 Å². The number of hydrogen-bond donors (Lipinski definition) is 1. The molecule has 2 aromatic rings. The van der Waals surface area contributed by atoms with Gasteiger partial charge in [0.25, 0.3) is 0 Å². The van der Waals surface area contributed by atoms with Gasteiger partial charge in [-0.3, -0.25) is 0 Å². The van der Waals surface area contributed by atoms with Crippen LogP contribution >= 0.6 is 27.3 Å². The molecule has 0 saturated carbocycles. The highest BCUT2D eigenvalue weighted by Crippen LogP contribution is 2.21. The van der Waals surface area contributed by atoms with Crippen LogP contribution in [0.25, 0.3) is 0 Å². The fraction of sp³-hybridized carbons (Fsp3) is 0.0833. The molecule has 0 aliphatic heterocycles. The molecular weight excluding hydrogens is 284 g/mol. The molecule has 0 aliphatic carbocycles. The minimum atomic E-state index is 0.665. The number of thiophene rings is 1. The molecular formula is C12H9BrN2S. The number of rotatable bonds is 3. The molecule has 2 rings (SSSR count). The summed E-state index contributed by atoms with van der Waals surface area (Å²) in [6.07, 6.45) is 0. The second-order valence-electron chi connectivity index (χ2n) is 3.29. The minimum absolute atomic E-state index is 0.665. The summed E-state index contributed by atoms with van der Waals surface area (Å²) in [4.78, 5) is 0. The summed E-state index contributed by atoms with van der Waals surface area (Å²) in [6, 6.07) is 9.84. The van der Waals surface area contributed by atoms with Gasteiger partial charge in [0.1, 0.15) is 6.07 Å². The van der Waals surface area contributed by atoms with Crippen molar-refractivity contribution in [2.24, 2.45) is 0 Å². The first-order chi connectivity index (χ1) is 7.79. The second kappa shape index (κ2) is 5.15. The first-order valence-corrected chi connectivity index (χ1v) is 6.48. The summed E-state index contributed by atoms with van der Waals surface area (Å²) in [5.41, 5.74) is 2.76. The lowest BCUT2D eigenvalue weighted by atomic mass is 10.2. The van der Waals surface area contributed by atoms with Gasteiger partial charge in [0.2, 0.25) is 0 Å². The molecule has 0 radical (unpaired) electrons. The van der Waals surface area contributed by atoms with E-state index in [9.17, 15) is 0 Å². The van der Waals surface area contributed by atoms with E-state index >= 15 is 0 Å². The van der Waals surface area contributed by atoms with Gasteiger partial charge >= 0.3 is 0 Å². The van der Waals surface area contributed by atoms with Crippen LogP contribution in [0.4, 0.5) is 5.69 Å². The van der Waals surface area contributed by atoms with E-state index in [4.69, 9.17) is 5.26 Å². The summed E-state index contributed by atoms with van der Waals surface area (Å²) in [5, 5.41) is 16.4. The Balaban J connectivity index is 2.15. The largest absolute Gasteiger partial charge is 0.380 e. The molecule has 0 bridgehead atoms. The lowest BCUT2D eigenvalue weighted by molar-refractivity contribution is 1.16. The van der Waals surface area contributed by atoms with Crippen molar-refractivity contribution < 1.29 is 0 Å². The molecule has 80 valence electrons. The topological polar surface area (TPSA) is 35.8 Å². The molecule has 0 amide bonds. The van der Waals surface area contributed by atoms with E-state index in [1.165, 1.54) is 5.56 Å². The van der Waals surface area contributed by atoms with Gasteiger partial charge < -0.3 is 5.32 Å². The maximum Gasteiger partial charge on any atom is 0.101 e. The number of nitrogens with zero attached hydrogens (tertiary/aromatic N) is 1. The summed E-state index contributed by atoms with van der Waals surface area (Å²) in [7, 11) is 0. The molecule has 1 N–H and O–H groups in total. The monoisotopic (exact) mass is 292 g/mol. The van der Waals surface area contributed by atoms with Gasteiger partial charge in [-0.25, -0.2) is 0 Å². The van der Waals surface area contributed by atoms with Gasteiger partial charge in [0.15, 0.2) is 0 Å². The fourth-order valence-electron chi connectivity index (χ4n) is 1.35. The Labute approximate surface area is 107 Å². The molecule has 1 aromatic carbocycles. The Bertz CT molecular complexity index is 514. The molecule has 0 aliphatic rings. The molecule has 0 fully saturated rings. The maximum absolute atomic E-state index is 8.96. The third kappa shape index (κ3) is 2.63. The van der Waals surface area contributed by atoms with E-state index in [0.29, 0.717) is 5.56 Å². The van der Waals surface area contributed by atoms with Crippen LogP contribution in [0.1, 0.15) is 11.1 Å². The molecule has 1 aromatic heterocycles. The molecule has 1 heterocycles. The average Bonchev–Trinajstić information content (AvgIpc) is 2.79. The maximum atomic E-state index is 8.96. The van der Waals surface area contributed by atoms with E-state index < -0.39 is 0 Å². The van der Waals surface area contributed by atoms with Crippen molar-refractivity contribution in [3.05, 3.63) is 50.6 Å². The molecule has 0 atom stereocenters. The van der Waals surface area contributed by atoms with Crippen LogP contribution in [0.2, 0.25) is 0 Å². The Morgan fingerprint density at radius 3 is 2.94 bits per heavy atom. The Morgan fingerprint density at radius 1 is 1.38 bits per heavy atom. The first-order valence-electron chi connectivity index (χ1n) is 4.74. The van der Waals surface area contributed by atoms with Gasteiger partial charge in [0.05, 0.1) is 11.3 Å². The van der Waals surface area contributed by atoms with Crippen molar-refractivity contribution in [1.29, 1.82) is 5.26 Å². The van der Waals surface area contributed by atoms with E-state index in [1.54, 1.807) is 17.4 Å². The third-order valence-corrected chi connectivity index (χ3v) is 3.39. The predicted molar refractivity (Wildman–Crippen MR) is 70.5 cm³/mol. The Morgan fingerprint density at radius 2 is 2.25 bits per heavy atom. The van der Waals surface area contributed by atoms with Gasteiger partial charge in [-0.2, -0.15) is 16.6 Å². The highest BCUT2D eigenvalue weighted by molar-refractivity contribution is 9.10. The Hall–Kier alpha value is -1.31. The molecule has 4 heteroatoms. The number of anilines is 1. The summed E-state index contributed by atoms with van der Waals surface area (Å²) in [6.45, 7) is 0.745. The van der Waals surface area contributed by atoms with Crippen molar-refractivity contribution in [2.45, 2.75) is 6.54 Å². The summed E-state index contributed by atoms with van der Waals surface area (Å²) in [5.74, 6) is 0. The molecule has 0 unspecified atom stereocenters. The van der Waals surface area contributed by atoms with Crippen molar-refractivity contribution in [3.8, 4) is 6.07 Å². The number of nitrogens with one attached hydrogen (secondary N) is 1. The molecule has 0 saturated heterocycles. The van der Waals surface area contributed by atoms with Crippen molar-refractivity contribution >= 4 is 33.0 Å². The zero-order chi connectivity index (χ0) is 11.4. The van der Waals surface area contributed by atoms with E-state index in [1.807, 2.05) is 17.5 Å². The van der Waals surface area contributed by atoms with Gasteiger partial charge in [-0.1, -0.05) is 15.9 Å². The average molecular weight is 293 g/mol. The molecule has 2 nitrogen and oxygen atoms in total. The summed E-state index contributed by atoms with van der Waals surface area (Å²) >= 11 is 5.07. The highest BCUT2D eigenvalue weighted by atomic mass is 79.9. The predicted octanol–water partition coefficient (Wildman–Crippen LogP) is 3.99. The first kappa shape index (κ1) is 11.2. The molecule has 0 spiro atoms. The quantitative estimate of drug-likeness (QED) is 0.928. The number of nitriles is 1. The van der Waals surface area contributed by atoms with Gasteiger partial charge in [-0.15, -0.1) is 0 Å². The van der Waals surface area contributed by atoms with Gasteiger partial charge in [-0.05, 0) is 40.6 Å². The zero-order valence-electron chi connectivity index (χ0n) is 8.40. The number of hydrogen-bond acceptors (Lipinski definition) is 3. The summed E-state index contributed by atoms with van der Waals surface area (Å²) < 4.78 is 0.972. The SMILES string of the molecule is N#Cc1ccc(Br)cc1NCc1ccsc1. The van der Waals surface area contributed by atoms with Crippen LogP contribution < -0.4 is 5.32 Å². The van der Waals surface area contributed by atoms with Crippen LogP contribution in [0.15, 0.2) is 39.5 Å². The van der Waals surface area contributed by atoms with Crippen molar-refractivity contribution in [1.82, 2.24) is 0 Å². The zero-order valence-corrected chi connectivity index (χ0v) is 10.8. The van der Waals surface area contributed by atoms with E-state index in [-0.39, 0.29) is 0 Å². The smallest absolute Gasteiger partial charge is 0.101 e. The van der Waals surface area contributed by atoms with Crippen molar-refractivity contribution in [3.63, 3.8) is 0 Å². The highest BCUT2D eigenvalue weighted by Gasteiger charge is 2.02. The van der Waals surface area contributed by atoms with E-state index in [0.717, 1.165) is 16.7 Å². The van der Waals surface area contributed by atoms with Crippen LogP contribution in [0, 0.1) is 11.3 Å². The van der Waals surface area contributed by atoms with Gasteiger partial charge in [0, 0.05) is 11.0 Å². The third-order valence-electron chi connectivity index (χ3n) is 2.17. The Kier molecular flexibility index (Phi) is 3.60. The van der Waals surface area contributed by atoms with Crippen molar-refractivity contribution in [2.75, 3.05) is 5.32 Å². The standard InChI is InChI=1S/C12H9BrN2S/c13-11-2-1-10(6-14)12(5-11)15-7-9-3-4-16-8-9/h1-5,8,15H,7H2. The van der Waals surface area contributed by atoms with Crippen LogP contribution in [-0.2, 0) is 6.54 Å². The van der Waals surface area contributed by atoms with Crippen LogP contribution in [0.5, 0.6) is 0 Å². The normalized spacial score (nSPS) is 9.75. The lowest BCUT2D eigenvalue weighted by Crippen LogP contribution is -2.00. The fourth-order valence-corrected chi connectivity index (χ4v) is 2.38. The minimum Gasteiger partial charge on any atom is -0.380 e. The number of halogens is 1. The number of benzene rings is 1. The van der Waals surface area contributed by atoms with Crippen LogP contribution in [-0.4, -0.2) is 0 Å². The van der Waals surface area contributed by atoms with Crippen LogP contribution in [0.3, 0.4) is 0 Å². The lowest BCUT2D eigenvalue weighted by Gasteiger charge is -2.07.